The average Bonchev–Trinajstić information content (AvgIpc) is 3.13. The van der Waals surface area contributed by atoms with E-state index in [1.54, 1.807) is 31.3 Å². The molecule has 5 nitrogen and oxygen atoms in total. The summed E-state index contributed by atoms with van der Waals surface area (Å²) in [6, 6.07) is 8.66. The molecule has 0 spiro atoms. The number of pyridine rings is 1. The zero-order valence-electron chi connectivity index (χ0n) is 13.8. The standard InChI is InChI=1S/C18H19Cl2N3O2/c1-12(25-14-5-6-15(19)16(20)10-14)18(24)22-13-4-7-17(21-11-13)23-8-2-3-9-23/h4-7,10-12H,2-3,8-9H2,1H3,(H,22,24). The summed E-state index contributed by atoms with van der Waals surface area (Å²) in [5.74, 6) is 1.16. The first-order chi connectivity index (χ1) is 12.0. The first-order valence-corrected chi connectivity index (χ1v) is 8.92. The van der Waals surface area contributed by atoms with Crippen LogP contribution in [0.1, 0.15) is 19.8 Å². The summed E-state index contributed by atoms with van der Waals surface area (Å²) in [7, 11) is 0. The van der Waals surface area contributed by atoms with Crippen LogP contribution in [0.5, 0.6) is 5.75 Å². The molecule has 2 heterocycles. The van der Waals surface area contributed by atoms with Crippen molar-refractivity contribution in [3.63, 3.8) is 0 Å². The second-order valence-electron chi connectivity index (χ2n) is 5.92. The molecule has 1 saturated heterocycles. The van der Waals surface area contributed by atoms with Crippen LogP contribution < -0.4 is 15.0 Å². The Hall–Kier alpha value is -1.98. The summed E-state index contributed by atoms with van der Waals surface area (Å²) in [4.78, 5) is 18.9. The monoisotopic (exact) mass is 379 g/mol. The van der Waals surface area contributed by atoms with Crippen molar-refractivity contribution in [3.05, 3.63) is 46.6 Å². The quantitative estimate of drug-likeness (QED) is 0.836. The van der Waals surface area contributed by atoms with Gasteiger partial charge in [0.05, 0.1) is 21.9 Å². The molecule has 1 aromatic carbocycles. The van der Waals surface area contributed by atoms with Gasteiger partial charge >= 0.3 is 0 Å². The second-order valence-corrected chi connectivity index (χ2v) is 6.74. The number of nitrogens with one attached hydrogen (secondary N) is 1. The fraction of sp³-hybridized carbons (Fsp3) is 0.333. The molecular weight excluding hydrogens is 361 g/mol. The molecule has 0 saturated carbocycles. The number of nitrogens with zero attached hydrogens (tertiary/aromatic N) is 2. The lowest BCUT2D eigenvalue weighted by Gasteiger charge is -2.17. The van der Waals surface area contributed by atoms with E-state index in [9.17, 15) is 4.79 Å². The highest BCUT2D eigenvalue weighted by atomic mass is 35.5. The molecule has 1 aliphatic heterocycles. The van der Waals surface area contributed by atoms with Crippen molar-refractivity contribution >= 4 is 40.6 Å². The lowest BCUT2D eigenvalue weighted by Crippen LogP contribution is -2.30. The Labute approximate surface area is 156 Å². The minimum Gasteiger partial charge on any atom is -0.481 e. The van der Waals surface area contributed by atoms with Crippen molar-refractivity contribution in [2.45, 2.75) is 25.9 Å². The van der Waals surface area contributed by atoms with Gasteiger partial charge in [-0.25, -0.2) is 4.98 Å². The van der Waals surface area contributed by atoms with Crippen LogP contribution in [0.2, 0.25) is 10.0 Å². The highest BCUT2D eigenvalue weighted by Gasteiger charge is 2.17. The number of amides is 1. The van der Waals surface area contributed by atoms with Crippen LogP contribution in [0.25, 0.3) is 0 Å². The molecule has 1 N–H and O–H groups in total. The third-order valence-corrected chi connectivity index (χ3v) is 4.76. The summed E-state index contributed by atoms with van der Waals surface area (Å²) in [5, 5.41) is 3.62. The Morgan fingerprint density at radius 3 is 2.60 bits per heavy atom. The molecule has 1 aromatic heterocycles. The molecule has 25 heavy (non-hydrogen) atoms. The molecule has 132 valence electrons. The van der Waals surface area contributed by atoms with E-state index >= 15 is 0 Å². The average molecular weight is 380 g/mol. The maximum absolute atomic E-state index is 12.3. The lowest BCUT2D eigenvalue weighted by molar-refractivity contribution is -0.122. The van der Waals surface area contributed by atoms with Gasteiger partial charge in [0.15, 0.2) is 6.10 Å². The van der Waals surface area contributed by atoms with E-state index in [1.165, 1.54) is 12.8 Å². The summed E-state index contributed by atoms with van der Waals surface area (Å²) in [5.41, 5.74) is 0.637. The van der Waals surface area contributed by atoms with Gasteiger partial charge in [-0.15, -0.1) is 0 Å². The minimum atomic E-state index is -0.685. The number of hydrogen-bond donors (Lipinski definition) is 1. The van der Waals surface area contributed by atoms with Crippen LogP contribution in [0.15, 0.2) is 36.5 Å². The van der Waals surface area contributed by atoms with Crippen molar-refractivity contribution < 1.29 is 9.53 Å². The molecular formula is C18H19Cl2N3O2. The first kappa shape index (κ1) is 17.8. The Balaban J connectivity index is 1.58. The Kier molecular flexibility index (Phi) is 5.66. The SMILES string of the molecule is CC(Oc1ccc(Cl)c(Cl)c1)C(=O)Nc1ccc(N2CCCC2)nc1. The van der Waals surface area contributed by atoms with Crippen LogP contribution in [-0.4, -0.2) is 30.1 Å². The van der Waals surface area contributed by atoms with Gasteiger partial charge in [-0.1, -0.05) is 23.2 Å². The van der Waals surface area contributed by atoms with Gasteiger partial charge in [0.25, 0.3) is 5.91 Å². The third kappa shape index (κ3) is 4.55. The number of benzene rings is 1. The minimum absolute atomic E-state index is 0.262. The van der Waals surface area contributed by atoms with Gasteiger partial charge in [0, 0.05) is 19.2 Å². The molecule has 2 aromatic rings. The van der Waals surface area contributed by atoms with Gasteiger partial charge in [-0.2, -0.15) is 0 Å². The topological polar surface area (TPSA) is 54.5 Å². The number of halogens is 2. The zero-order chi connectivity index (χ0) is 17.8. The van der Waals surface area contributed by atoms with Crippen LogP contribution >= 0.6 is 23.2 Å². The lowest BCUT2D eigenvalue weighted by atomic mass is 10.3. The fourth-order valence-electron chi connectivity index (χ4n) is 2.64. The molecule has 0 radical (unpaired) electrons. The largest absolute Gasteiger partial charge is 0.481 e. The molecule has 1 fully saturated rings. The Morgan fingerprint density at radius 2 is 1.96 bits per heavy atom. The van der Waals surface area contributed by atoms with E-state index < -0.39 is 6.10 Å². The van der Waals surface area contributed by atoms with Gasteiger partial charge < -0.3 is 15.0 Å². The third-order valence-electron chi connectivity index (χ3n) is 4.02. The van der Waals surface area contributed by atoms with E-state index in [0.29, 0.717) is 21.5 Å². The number of carbonyl (C=O) groups is 1. The van der Waals surface area contributed by atoms with Crippen molar-refractivity contribution in [3.8, 4) is 5.75 Å². The predicted molar refractivity (Wildman–Crippen MR) is 101 cm³/mol. The van der Waals surface area contributed by atoms with Crippen LogP contribution in [0, 0.1) is 0 Å². The summed E-state index contributed by atoms with van der Waals surface area (Å²) in [6.45, 7) is 3.74. The molecule has 1 amide bonds. The van der Waals surface area contributed by atoms with E-state index in [1.807, 2.05) is 12.1 Å². The van der Waals surface area contributed by atoms with Gasteiger partial charge in [-0.05, 0) is 44.0 Å². The molecule has 1 aliphatic rings. The number of aromatic nitrogens is 1. The second kappa shape index (κ2) is 7.93. The van der Waals surface area contributed by atoms with Gasteiger partial charge in [0.1, 0.15) is 11.6 Å². The van der Waals surface area contributed by atoms with Crippen molar-refractivity contribution in [2.75, 3.05) is 23.3 Å². The van der Waals surface area contributed by atoms with Gasteiger partial charge in [-0.3, -0.25) is 4.79 Å². The Bertz CT molecular complexity index is 746. The van der Waals surface area contributed by atoms with Crippen LogP contribution in [0.3, 0.4) is 0 Å². The number of ether oxygens (including phenoxy) is 1. The molecule has 3 rings (SSSR count). The number of hydrogen-bond acceptors (Lipinski definition) is 4. The molecule has 1 unspecified atom stereocenters. The Morgan fingerprint density at radius 1 is 1.20 bits per heavy atom. The van der Waals surface area contributed by atoms with Gasteiger partial charge in [0.2, 0.25) is 0 Å². The molecule has 0 aliphatic carbocycles. The maximum Gasteiger partial charge on any atom is 0.265 e. The van der Waals surface area contributed by atoms with E-state index in [4.69, 9.17) is 27.9 Å². The summed E-state index contributed by atoms with van der Waals surface area (Å²) >= 11 is 11.8. The van der Waals surface area contributed by atoms with Crippen LogP contribution in [-0.2, 0) is 4.79 Å². The highest BCUT2D eigenvalue weighted by Crippen LogP contribution is 2.27. The molecule has 0 bridgehead atoms. The van der Waals surface area contributed by atoms with E-state index in [0.717, 1.165) is 18.9 Å². The summed E-state index contributed by atoms with van der Waals surface area (Å²) in [6.07, 6.45) is 3.38. The fourth-order valence-corrected chi connectivity index (χ4v) is 2.93. The number of anilines is 2. The first-order valence-electron chi connectivity index (χ1n) is 8.16. The van der Waals surface area contributed by atoms with E-state index in [-0.39, 0.29) is 5.91 Å². The molecule has 7 heteroatoms. The zero-order valence-corrected chi connectivity index (χ0v) is 15.3. The summed E-state index contributed by atoms with van der Waals surface area (Å²) < 4.78 is 5.61. The molecule has 1 atom stereocenters. The predicted octanol–water partition coefficient (Wildman–Crippen LogP) is 4.39. The van der Waals surface area contributed by atoms with E-state index in [2.05, 4.69) is 15.2 Å². The van der Waals surface area contributed by atoms with Crippen molar-refractivity contribution in [1.29, 1.82) is 0 Å². The van der Waals surface area contributed by atoms with Crippen molar-refractivity contribution in [2.24, 2.45) is 0 Å². The number of carbonyl (C=O) groups excluding carboxylic acids is 1. The normalized spacial score (nSPS) is 15.1. The maximum atomic E-state index is 12.3. The smallest absolute Gasteiger partial charge is 0.265 e. The van der Waals surface area contributed by atoms with Crippen LogP contribution in [0.4, 0.5) is 11.5 Å². The highest BCUT2D eigenvalue weighted by molar-refractivity contribution is 6.42. The van der Waals surface area contributed by atoms with Crippen molar-refractivity contribution in [1.82, 2.24) is 4.98 Å². The number of rotatable bonds is 5.